The highest BCUT2D eigenvalue weighted by Crippen LogP contribution is 2.40. The van der Waals surface area contributed by atoms with Gasteiger partial charge in [0.1, 0.15) is 18.2 Å². The highest BCUT2D eigenvalue weighted by molar-refractivity contribution is 6.31. The minimum Gasteiger partial charge on any atom is -0.488 e. The minimum atomic E-state index is -0.268. The molecule has 33 heavy (non-hydrogen) atoms. The summed E-state index contributed by atoms with van der Waals surface area (Å²) >= 11 is 6.22. The SMILES string of the molecule is Cn1nc(C(=O)N(Cc2ccccc2)CC2C=C(F)C=CC2)c2c1-c1cc(Cl)ccc1OC2. The molecule has 2 aromatic carbocycles. The number of allylic oxidation sites excluding steroid dienone is 3. The normalized spacial score (nSPS) is 16.5. The fraction of sp³-hybridized carbons (Fsp3) is 0.231. The largest absolute Gasteiger partial charge is 0.488 e. The van der Waals surface area contributed by atoms with Crippen molar-refractivity contribution >= 4 is 17.5 Å². The number of amides is 1. The molecular formula is C26H23ClFN3O2. The number of rotatable bonds is 5. The number of fused-ring (bicyclic) bond motifs is 3. The fourth-order valence-electron chi connectivity index (χ4n) is 4.46. The van der Waals surface area contributed by atoms with E-state index in [4.69, 9.17) is 16.3 Å². The van der Waals surface area contributed by atoms with Crippen LogP contribution in [-0.4, -0.2) is 27.1 Å². The average Bonchev–Trinajstić information content (AvgIpc) is 3.16. The molecule has 1 aliphatic carbocycles. The molecule has 1 amide bonds. The predicted octanol–water partition coefficient (Wildman–Crippen LogP) is 5.70. The summed E-state index contributed by atoms with van der Waals surface area (Å²) in [5, 5.41) is 5.18. The Morgan fingerprint density at radius 2 is 2.09 bits per heavy atom. The molecule has 0 saturated carbocycles. The van der Waals surface area contributed by atoms with Crippen LogP contribution in [0.2, 0.25) is 5.02 Å². The molecule has 2 aliphatic rings. The maximum Gasteiger partial charge on any atom is 0.275 e. The van der Waals surface area contributed by atoms with Gasteiger partial charge in [0, 0.05) is 42.2 Å². The van der Waals surface area contributed by atoms with Crippen LogP contribution in [0.4, 0.5) is 4.39 Å². The molecule has 1 atom stereocenters. The Kier molecular flexibility index (Phi) is 5.77. The van der Waals surface area contributed by atoms with Gasteiger partial charge in [0.15, 0.2) is 5.69 Å². The van der Waals surface area contributed by atoms with Crippen LogP contribution < -0.4 is 4.74 Å². The topological polar surface area (TPSA) is 47.4 Å². The van der Waals surface area contributed by atoms with E-state index in [-0.39, 0.29) is 24.3 Å². The van der Waals surface area contributed by atoms with E-state index >= 15 is 0 Å². The van der Waals surface area contributed by atoms with Crippen LogP contribution in [0.15, 0.2) is 72.6 Å². The molecule has 3 aromatic rings. The number of halogens is 2. The summed E-state index contributed by atoms with van der Waals surface area (Å²) < 4.78 is 21.5. The Morgan fingerprint density at radius 3 is 2.88 bits per heavy atom. The van der Waals surface area contributed by atoms with E-state index < -0.39 is 0 Å². The van der Waals surface area contributed by atoms with Crippen molar-refractivity contribution in [2.45, 2.75) is 19.6 Å². The first-order valence-corrected chi connectivity index (χ1v) is 11.2. The van der Waals surface area contributed by atoms with Gasteiger partial charge in [-0.3, -0.25) is 9.48 Å². The van der Waals surface area contributed by atoms with Gasteiger partial charge in [-0.1, -0.05) is 48.0 Å². The number of benzene rings is 2. The molecule has 2 heterocycles. The molecule has 0 spiro atoms. The lowest BCUT2D eigenvalue weighted by Crippen LogP contribution is -2.35. The van der Waals surface area contributed by atoms with Gasteiger partial charge in [0.05, 0.1) is 5.69 Å². The number of carbonyl (C=O) groups excluding carboxylic acids is 1. The number of hydrogen-bond donors (Lipinski definition) is 0. The highest BCUT2D eigenvalue weighted by Gasteiger charge is 2.31. The highest BCUT2D eigenvalue weighted by atomic mass is 35.5. The number of aryl methyl sites for hydroxylation is 1. The molecule has 1 aromatic heterocycles. The summed E-state index contributed by atoms with van der Waals surface area (Å²) in [6.07, 6.45) is 5.54. The maximum atomic E-state index is 13.9. The summed E-state index contributed by atoms with van der Waals surface area (Å²) in [6, 6.07) is 15.2. The molecule has 1 unspecified atom stereocenters. The van der Waals surface area contributed by atoms with Gasteiger partial charge in [-0.05, 0) is 42.3 Å². The Labute approximate surface area is 196 Å². The number of ether oxygens (including phenoxy) is 1. The molecule has 0 bridgehead atoms. The molecule has 5 rings (SSSR count). The number of nitrogens with zero attached hydrogens (tertiary/aromatic N) is 3. The monoisotopic (exact) mass is 463 g/mol. The molecule has 5 nitrogen and oxygen atoms in total. The lowest BCUT2D eigenvalue weighted by molar-refractivity contribution is 0.0715. The standard InChI is InChI=1S/C26H23ClFN3O2/c1-30-25-21-13-19(27)10-11-23(21)33-16-22(25)24(29-30)26(32)31(14-17-6-3-2-4-7-17)15-18-8-5-9-20(28)12-18/h2-7,9-13,18H,8,14-16H2,1H3. The third-order valence-corrected chi connectivity index (χ3v) is 6.22. The Bertz CT molecular complexity index is 1270. The third kappa shape index (κ3) is 4.31. The van der Waals surface area contributed by atoms with E-state index in [2.05, 4.69) is 5.10 Å². The summed E-state index contributed by atoms with van der Waals surface area (Å²) in [7, 11) is 1.82. The van der Waals surface area contributed by atoms with Gasteiger partial charge < -0.3 is 9.64 Å². The van der Waals surface area contributed by atoms with Gasteiger partial charge >= 0.3 is 0 Å². The summed E-state index contributed by atoms with van der Waals surface area (Å²) in [6.45, 7) is 1.04. The second-order valence-electron chi connectivity index (χ2n) is 8.35. The van der Waals surface area contributed by atoms with Crippen LogP contribution in [0.1, 0.15) is 28.0 Å². The predicted molar refractivity (Wildman–Crippen MR) is 126 cm³/mol. The van der Waals surface area contributed by atoms with Crippen molar-refractivity contribution in [3.63, 3.8) is 0 Å². The van der Waals surface area contributed by atoms with Crippen molar-refractivity contribution in [3.8, 4) is 17.0 Å². The van der Waals surface area contributed by atoms with Crippen molar-refractivity contribution in [1.29, 1.82) is 0 Å². The minimum absolute atomic E-state index is 0.0991. The first-order valence-electron chi connectivity index (χ1n) is 10.8. The number of aromatic nitrogens is 2. The van der Waals surface area contributed by atoms with Crippen molar-refractivity contribution < 1.29 is 13.9 Å². The summed E-state index contributed by atoms with van der Waals surface area (Å²) in [5.41, 5.74) is 3.73. The smallest absolute Gasteiger partial charge is 0.275 e. The summed E-state index contributed by atoms with van der Waals surface area (Å²) in [4.78, 5) is 15.6. The molecule has 0 fully saturated rings. The zero-order valence-electron chi connectivity index (χ0n) is 18.2. The fourth-order valence-corrected chi connectivity index (χ4v) is 4.64. The van der Waals surface area contributed by atoms with Gasteiger partial charge in [0.2, 0.25) is 0 Å². The van der Waals surface area contributed by atoms with Crippen molar-refractivity contribution in [2.75, 3.05) is 6.54 Å². The van der Waals surface area contributed by atoms with E-state index in [0.717, 1.165) is 22.4 Å². The van der Waals surface area contributed by atoms with Crippen molar-refractivity contribution in [2.24, 2.45) is 13.0 Å². The van der Waals surface area contributed by atoms with E-state index in [0.29, 0.717) is 36.0 Å². The lowest BCUT2D eigenvalue weighted by Gasteiger charge is -2.27. The van der Waals surface area contributed by atoms with Crippen LogP contribution >= 0.6 is 11.6 Å². The van der Waals surface area contributed by atoms with Crippen LogP contribution in [0.3, 0.4) is 0 Å². The van der Waals surface area contributed by atoms with Crippen molar-refractivity contribution in [3.05, 3.63) is 94.4 Å². The van der Waals surface area contributed by atoms with Crippen LogP contribution in [0.25, 0.3) is 11.3 Å². The Balaban J connectivity index is 1.51. The van der Waals surface area contributed by atoms with Crippen molar-refractivity contribution in [1.82, 2.24) is 14.7 Å². The lowest BCUT2D eigenvalue weighted by atomic mass is 9.98. The number of carbonyl (C=O) groups is 1. The quantitative estimate of drug-likeness (QED) is 0.487. The molecule has 168 valence electrons. The van der Waals surface area contributed by atoms with E-state index in [1.165, 1.54) is 6.08 Å². The molecule has 0 radical (unpaired) electrons. The zero-order chi connectivity index (χ0) is 22.9. The molecule has 1 aliphatic heterocycles. The zero-order valence-corrected chi connectivity index (χ0v) is 18.9. The van der Waals surface area contributed by atoms with Gasteiger partial charge in [0.25, 0.3) is 5.91 Å². The van der Waals surface area contributed by atoms with Crippen LogP contribution in [0.5, 0.6) is 5.75 Å². The van der Waals surface area contributed by atoms with Crippen LogP contribution in [-0.2, 0) is 20.2 Å². The number of hydrogen-bond acceptors (Lipinski definition) is 3. The molecule has 7 heteroatoms. The molecular weight excluding hydrogens is 441 g/mol. The Hall–Kier alpha value is -3.38. The summed E-state index contributed by atoms with van der Waals surface area (Å²) in [5.74, 6) is 0.145. The van der Waals surface area contributed by atoms with Gasteiger partial charge in [-0.15, -0.1) is 0 Å². The molecule has 0 N–H and O–H groups in total. The first-order chi connectivity index (χ1) is 16.0. The Morgan fingerprint density at radius 1 is 1.27 bits per heavy atom. The maximum absolute atomic E-state index is 13.9. The van der Waals surface area contributed by atoms with Crippen LogP contribution in [0, 0.1) is 5.92 Å². The average molecular weight is 464 g/mol. The first kappa shape index (κ1) is 21.5. The second kappa shape index (κ2) is 8.87. The third-order valence-electron chi connectivity index (χ3n) is 5.99. The van der Waals surface area contributed by atoms with E-state index in [9.17, 15) is 9.18 Å². The van der Waals surface area contributed by atoms with E-state index in [1.807, 2.05) is 55.6 Å². The van der Waals surface area contributed by atoms with E-state index in [1.54, 1.807) is 21.7 Å². The van der Waals surface area contributed by atoms with Gasteiger partial charge in [-0.2, -0.15) is 5.10 Å². The van der Waals surface area contributed by atoms with Gasteiger partial charge in [-0.25, -0.2) is 4.39 Å². The molecule has 0 saturated heterocycles. The second-order valence-corrected chi connectivity index (χ2v) is 8.79.